The minimum absolute atomic E-state index is 0.364. The summed E-state index contributed by atoms with van der Waals surface area (Å²) in [5, 5.41) is 3.50. The molecule has 0 fully saturated rings. The van der Waals surface area contributed by atoms with Crippen molar-refractivity contribution in [3.8, 4) is 0 Å². The van der Waals surface area contributed by atoms with Crippen LogP contribution in [0.2, 0.25) is 0 Å². The van der Waals surface area contributed by atoms with Crippen molar-refractivity contribution in [2.24, 2.45) is 5.73 Å². The quantitative estimate of drug-likeness (QED) is 0.754. The van der Waals surface area contributed by atoms with Gasteiger partial charge in [0.1, 0.15) is 0 Å². The molecule has 0 saturated carbocycles. The molecule has 4 heteroatoms. The van der Waals surface area contributed by atoms with Crippen molar-refractivity contribution in [2.45, 2.75) is 26.3 Å². The third-order valence-corrected chi connectivity index (χ3v) is 3.90. The average molecular weight is 317 g/mol. The molecule has 0 radical (unpaired) electrons. The SMILES string of the molecule is CCSCCC(CN)Nc1cc(C)cc(Br)c1. The minimum Gasteiger partial charge on any atom is -0.381 e. The maximum Gasteiger partial charge on any atom is 0.0391 e. The van der Waals surface area contributed by atoms with Gasteiger partial charge in [-0.2, -0.15) is 11.8 Å². The van der Waals surface area contributed by atoms with Crippen LogP contribution in [0.5, 0.6) is 0 Å². The van der Waals surface area contributed by atoms with Crippen molar-refractivity contribution in [3.63, 3.8) is 0 Å². The number of hydrogen-bond donors (Lipinski definition) is 2. The molecule has 1 atom stereocenters. The van der Waals surface area contributed by atoms with Crippen LogP contribution in [0, 0.1) is 6.92 Å². The van der Waals surface area contributed by atoms with Gasteiger partial charge in [0.05, 0.1) is 0 Å². The first-order chi connectivity index (χ1) is 8.15. The first kappa shape index (κ1) is 14.9. The molecule has 0 bridgehead atoms. The summed E-state index contributed by atoms with van der Waals surface area (Å²) in [6.45, 7) is 4.96. The zero-order valence-corrected chi connectivity index (χ0v) is 12.9. The van der Waals surface area contributed by atoms with Gasteiger partial charge in [0, 0.05) is 22.7 Å². The molecule has 1 aromatic rings. The van der Waals surface area contributed by atoms with E-state index in [4.69, 9.17) is 5.73 Å². The molecule has 96 valence electrons. The number of nitrogens with two attached hydrogens (primary N) is 1. The fraction of sp³-hybridized carbons (Fsp3) is 0.538. The van der Waals surface area contributed by atoms with Crippen molar-refractivity contribution in [1.82, 2.24) is 0 Å². The van der Waals surface area contributed by atoms with E-state index < -0.39 is 0 Å². The van der Waals surface area contributed by atoms with E-state index in [2.05, 4.69) is 53.3 Å². The van der Waals surface area contributed by atoms with Gasteiger partial charge in [-0.3, -0.25) is 0 Å². The average Bonchev–Trinajstić information content (AvgIpc) is 2.26. The van der Waals surface area contributed by atoms with Gasteiger partial charge >= 0.3 is 0 Å². The lowest BCUT2D eigenvalue weighted by Gasteiger charge is -2.18. The van der Waals surface area contributed by atoms with Crippen molar-refractivity contribution in [2.75, 3.05) is 23.4 Å². The molecule has 3 N–H and O–H groups in total. The Kier molecular flexibility index (Phi) is 7.00. The number of rotatable bonds is 7. The molecule has 0 aromatic heterocycles. The lowest BCUT2D eigenvalue weighted by atomic mass is 10.2. The highest BCUT2D eigenvalue weighted by atomic mass is 79.9. The highest BCUT2D eigenvalue weighted by Gasteiger charge is 2.06. The zero-order valence-electron chi connectivity index (χ0n) is 10.5. The smallest absolute Gasteiger partial charge is 0.0391 e. The lowest BCUT2D eigenvalue weighted by Crippen LogP contribution is -2.29. The van der Waals surface area contributed by atoms with E-state index in [1.165, 1.54) is 17.1 Å². The van der Waals surface area contributed by atoms with Gasteiger partial charge in [0.25, 0.3) is 0 Å². The van der Waals surface area contributed by atoms with Gasteiger partial charge in [0.2, 0.25) is 0 Å². The van der Waals surface area contributed by atoms with Gasteiger partial charge in [-0.1, -0.05) is 22.9 Å². The number of benzene rings is 1. The van der Waals surface area contributed by atoms with E-state index in [1.807, 2.05) is 11.8 Å². The fourth-order valence-corrected chi connectivity index (χ4v) is 3.02. The van der Waals surface area contributed by atoms with Crippen molar-refractivity contribution < 1.29 is 0 Å². The fourth-order valence-electron chi connectivity index (χ4n) is 1.67. The van der Waals surface area contributed by atoms with Crippen LogP contribution in [0.3, 0.4) is 0 Å². The van der Waals surface area contributed by atoms with Crippen LogP contribution in [0.25, 0.3) is 0 Å². The number of anilines is 1. The molecule has 0 aliphatic carbocycles. The molecule has 17 heavy (non-hydrogen) atoms. The van der Waals surface area contributed by atoms with Crippen LogP contribution in [0.4, 0.5) is 5.69 Å². The Hall–Kier alpha value is -0.190. The van der Waals surface area contributed by atoms with Gasteiger partial charge in [-0.15, -0.1) is 0 Å². The van der Waals surface area contributed by atoms with E-state index in [1.54, 1.807) is 0 Å². The summed E-state index contributed by atoms with van der Waals surface area (Å²) in [6.07, 6.45) is 1.11. The molecule has 0 heterocycles. The van der Waals surface area contributed by atoms with Gasteiger partial charge in [-0.05, 0) is 48.6 Å². The number of thioether (sulfide) groups is 1. The van der Waals surface area contributed by atoms with Crippen LogP contribution < -0.4 is 11.1 Å². The van der Waals surface area contributed by atoms with Crippen molar-refractivity contribution in [3.05, 3.63) is 28.2 Å². The third kappa shape index (κ3) is 5.80. The van der Waals surface area contributed by atoms with Crippen LogP contribution in [-0.2, 0) is 0 Å². The largest absolute Gasteiger partial charge is 0.381 e. The molecule has 1 rings (SSSR count). The van der Waals surface area contributed by atoms with Gasteiger partial charge in [0.15, 0.2) is 0 Å². The second kappa shape index (κ2) is 8.01. The number of halogens is 1. The Bertz CT molecular complexity index is 324. The maximum atomic E-state index is 5.80. The number of aryl methyl sites for hydroxylation is 1. The van der Waals surface area contributed by atoms with E-state index in [0.29, 0.717) is 12.6 Å². The lowest BCUT2D eigenvalue weighted by molar-refractivity contribution is 0.709. The standard InChI is InChI=1S/C13H21BrN2S/c1-3-17-5-4-12(9-15)16-13-7-10(2)6-11(14)8-13/h6-8,12,16H,3-5,9,15H2,1-2H3. The zero-order chi connectivity index (χ0) is 12.7. The van der Waals surface area contributed by atoms with Gasteiger partial charge in [-0.25, -0.2) is 0 Å². The molecule has 1 aromatic carbocycles. The Balaban J connectivity index is 2.54. The Morgan fingerprint density at radius 2 is 2.18 bits per heavy atom. The first-order valence-electron chi connectivity index (χ1n) is 5.97. The summed E-state index contributed by atoms with van der Waals surface area (Å²) in [6, 6.07) is 6.72. The topological polar surface area (TPSA) is 38.0 Å². The predicted octanol–water partition coefficient (Wildman–Crippen LogP) is 3.64. The molecule has 0 spiro atoms. The molecular formula is C13H21BrN2S. The second-order valence-corrected chi connectivity index (χ2v) is 6.39. The third-order valence-electron chi connectivity index (χ3n) is 2.51. The molecular weight excluding hydrogens is 296 g/mol. The Labute approximate surface area is 117 Å². The highest BCUT2D eigenvalue weighted by molar-refractivity contribution is 9.10. The summed E-state index contributed by atoms with van der Waals surface area (Å²) in [4.78, 5) is 0. The molecule has 0 aliphatic rings. The summed E-state index contributed by atoms with van der Waals surface area (Å²) in [5.41, 5.74) is 8.19. The Morgan fingerprint density at radius 1 is 1.41 bits per heavy atom. The second-order valence-electron chi connectivity index (χ2n) is 4.08. The number of nitrogens with one attached hydrogen (secondary N) is 1. The molecule has 1 unspecified atom stereocenters. The van der Waals surface area contributed by atoms with E-state index in [9.17, 15) is 0 Å². The van der Waals surface area contributed by atoms with Crippen molar-refractivity contribution in [1.29, 1.82) is 0 Å². The highest BCUT2D eigenvalue weighted by Crippen LogP contribution is 2.20. The van der Waals surface area contributed by atoms with Crippen LogP contribution in [-0.4, -0.2) is 24.1 Å². The van der Waals surface area contributed by atoms with E-state index in [0.717, 1.165) is 16.6 Å². The minimum atomic E-state index is 0.364. The van der Waals surface area contributed by atoms with Crippen LogP contribution in [0.15, 0.2) is 22.7 Å². The summed E-state index contributed by atoms with van der Waals surface area (Å²) < 4.78 is 1.11. The van der Waals surface area contributed by atoms with Gasteiger partial charge < -0.3 is 11.1 Å². The monoisotopic (exact) mass is 316 g/mol. The van der Waals surface area contributed by atoms with E-state index >= 15 is 0 Å². The molecule has 2 nitrogen and oxygen atoms in total. The summed E-state index contributed by atoms with van der Waals surface area (Å²) in [7, 11) is 0. The Morgan fingerprint density at radius 3 is 2.76 bits per heavy atom. The predicted molar refractivity (Wildman–Crippen MR) is 83.0 cm³/mol. The van der Waals surface area contributed by atoms with Crippen LogP contribution in [0.1, 0.15) is 18.9 Å². The van der Waals surface area contributed by atoms with Crippen LogP contribution >= 0.6 is 27.7 Å². The summed E-state index contributed by atoms with van der Waals surface area (Å²) >= 11 is 5.48. The normalized spacial score (nSPS) is 12.5. The number of hydrogen-bond acceptors (Lipinski definition) is 3. The molecule has 0 aliphatic heterocycles. The molecule has 0 saturated heterocycles. The molecule has 0 amide bonds. The maximum absolute atomic E-state index is 5.80. The van der Waals surface area contributed by atoms with Crippen molar-refractivity contribution >= 4 is 33.4 Å². The first-order valence-corrected chi connectivity index (χ1v) is 7.92. The van der Waals surface area contributed by atoms with E-state index in [-0.39, 0.29) is 0 Å². The summed E-state index contributed by atoms with van der Waals surface area (Å²) in [5.74, 6) is 2.34.